The van der Waals surface area contributed by atoms with Gasteiger partial charge in [-0.05, 0) is 47.0 Å². The Bertz CT molecular complexity index is 747. The second kappa shape index (κ2) is 4.58. The monoisotopic (exact) mass is 286 g/mol. The van der Waals surface area contributed by atoms with E-state index >= 15 is 0 Å². The quantitative estimate of drug-likeness (QED) is 0.484. The lowest BCUT2D eigenvalue weighted by Crippen LogP contribution is -1.96. The first-order valence-corrected chi connectivity index (χ1v) is 6.15. The first kappa shape index (κ1) is 12.6. The highest BCUT2D eigenvalue weighted by molar-refractivity contribution is 6.67. The van der Waals surface area contributed by atoms with Gasteiger partial charge in [0, 0.05) is 5.56 Å². The topological polar surface area (TPSA) is 60.4 Å². The average Bonchev–Trinajstić information content (AvgIpc) is 2.74. The molecule has 0 bridgehead atoms. The lowest BCUT2D eigenvalue weighted by molar-refractivity contribution is 0.0443. The lowest BCUT2D eigenvalue weighted by Gasteiger charge is -2.03. The van der Waals surface area contributed by atoms with Gasteiger partial charge in [0.05, 0.1) is 11.1 Å². The molecule has 1 aliphatic heterocycles. The first-order chi connectivity index (χ1) is 9.56. The Morgan fingerprint density at radius 3 is 2.10 bits per heavy atom. The predicted molar refractivity (Wildman–Crippen MR) is 71.8 cm³/mol. The molecule has 98 valence electrons. The summed E-state index contributed by atoms with van der Waals surface area (Å²) < 4.78 is 4.53. The van der Waals surface area contributed by atoms with Crippen molar-refractivity contribution in [1.82, 2.24) is 0 Å². The Balaban J connectivity index is 2.03. The highest BCUT2D eigenvalue weighted by Gasteiger charge is 2.29. The number of halogens is 1. The summed E-state index contributed by atoms with van der Waals surface area (Å²) in [5.41, 5.74) is 2.48. The zero-order valence-electron chi connectivity index (χ0n) is 10.1. The molecule has 0 saturated carbocycles. The molecule has 5 heteroatoms. The summed E-state index contributed by atoms with van der Waals surface area (Å²) in [6.07, 6.45) is 0. The van der Waals surface area contributed by atoms with Crippen LogP contribution in [0.15, 0.2) is 42.5 Å². The van der Waals surface area contributed by atoms with Crippen LogP contribution in [0.2, 0.25) is 0 Å². The summed E-state index contributed by atoms with van der Waals surface area (Å²) in [6, 6.07) is 11.5. The van der Waals surface area contributed by atoms with E-state index in [4.69, 9.17) is 11.6 Å². The van der Waals surface area contributed by atoms with Crippen LogP contribution in [0, 0.1) is 0 Å². The van der Waals surface area contributed by atoms with Crippen molar-refractivity contribution in [2.45, 2.75) is 0 Å². The van der Waals surface area contributed by atoms with Crippen LogP contribution in [-0.2, 0) is 4.74 Å². The van der Waals surface area contributed by atoms with Gasteiger partial charge >= 0.3 is 11.9 Å². The number of benzene rings is 2. The highest BCUT2D eigenvalue weighted by Crippen LogP contribution is 2.27. The molecule has 0 radical (unpaired) electrons. The molecule has 1 aliphatic rings. The highest BCUT2D eigenvalue weighted by atomic mass is 35.5. The zero-order valence-corrected chi connectivity index (χ0v) is 10.8. The van der Waals surface area contributed by atoms with Gasteiger partial charge in [0.25, 0.3) is 5.24 Å². The number of hydrogen-bond acceptors (Lipinski definition) is 4. The maximum atomic E-state index is 11.5. The van der Waals surface area contributed by atoms with Crippen molar-refractivity contribution >= 4 is 28.8 Å². The van der Waals surface area contributed by atoms with E-state index in [-0.39, 0.29) is 11.1 Å². The maximum Gasteiger partial charge on any atom is 0.346 e. The van der Waals surface area contributed by atoms with E-state index in [0.29, 0.717) is 5.56 Å². The molecule has 0 N–H and O–H groups in total. The molecule has 2 aromatic carbocycles. The molecule has 4 nitrogen and oxygen atoms in total. The zero-order chi connectivity index (χ0) is 14.3. The molecule has 0 amide bonds. The van der Waals surface area contributed by atoms with Gasteiger partial charge in [-0.15, -0.1) is 0 Å². The van der Waals surface area contributed by atoms with Gasteiger partial charge in [0.2, 0.25) is 0 Å². The van der Waals surface area contributed by atoms with Crippen LogP contribution in [0.1, 0.15) is 31.1 Å². The molecule has 3 rings (SSSR count). The Labute approximate surface area is 118 Å². The Morgan fingerprint density at radius 2 is 1.45 bits per heavy atom. The summed E-state index contributed by atoms with van der Waals surface area (Å²) in [4.78, 5) is 33.8. The van der Waals surface area contributed by atoms with Crippen molar-refractivity contribution in [2.75, 3.05) is 0 Å². The molecule has 0 unspecified atom stereocenters. The average molecular weight is 287 g/mol. The summed E-state index contributed by atoms with van der Waals surface area (Å²) >= 11 is 5.38. The fourth-order valence-corrected chi connectivity index (χ4v) is 2.18. The molecule has 0 atom stereocenters. The van der Waals surface area contributed by atoms with Crippen LogP contribution in [0.3, 0.4) is 0 Å². The third-order valence-corrected chi connectivity index (χ3v) is 3.31. The summed E-state index contributed by atoms with van der Waals surface area (Å²) in [7, 11) is 0. The molecular formula is C15H7ClO4. The van der Waals surface area contributed by atoms with E-state index in [2.05, 4.69) is 4.74 Å². The van der Waals surface area contributed by atoms with Gasteiger partial charge in [-0.25, -0.2) is 9.59 Å². The van der Waals surface area contributed by atoms with E-state index in [1.807, 2.05) is 0 Å². The van der Waals surface area contributed by atoms with Gasteiger partial charge in [-0.2, -0.15) is 0 Å². The van der Waals surface area contributed by atoms with E-state index in [1.54, 1.807) is 42.5 Å². The second-order valence-corrected chi connectivity index (χ2v) is 4.63. The Morgan fingerprint density at radius 1 is 0.850 bits per heavy atom. The number of ether oxygens (including phenoxy) is 1. The van der Waals surface area contributed by atoms with E-state index in [1.165, 1.54) is 0 Å². The Hall–Kier alpha value is -2.46. The molecular weight excluding hydrogens is 280 g/mol. The normalized spacial score (nSPS) is 13.1. The molecule has 0 aromatic heterocycles. The lowest BCUT2D eigenvalue weighted by atomic mass is 9.99. The number of carbonyl (C=O) groups is 3. The number of hydrogen-bond donors (Lipinski definition) is 0. The molecule has 0 spiro atoms. The van der Waals surface area contributed by atoms with Gasteiger partial charge in [0.1, 0.15) is 0 Å². The number of rotatable bonds is 2. The van der Waals surface area contributed by atoms with Crippen molar-refractivity contribution < 1.29 is 19.1 Å². The van der Waals surface area contributed by atoms with Crippen molar-refractivity contribution in [1.29, 1.82) is 0 Å². The fourth-order valence-electron chi connectivity index (χ4n) is 2.06. The molecule has 2 aromatic rings. The largest absolute Gasteiger partial charge is 0.386 e. The molecule has 0 aliphatic carbocycles. The predicted octanol–water partition coefficient (Wildman–Crippen LogP) is 3.04. The van der Waals surface area contributed by atoms with Crippen LogP contribution < -0.4 is 0 Å². The van der Waals surface area contributed by atoms with Crippen molar-refractivity contribution in [3.05, 3.63) is 59.2 Å². The molecule has 20 heavy (non-hydrogen) atoms. The van der Waals surface area contributed by atoms with E-state index in [0.717, 1.165) is 11.1 Å². The van der Waals surface area contributed by atoms with Crippen LogP contribution in [0.5, 0.6) is 0 Å². The van der Waals surface area contributed by atoms with Crippen molar-refractivity contribution in [2.24, 2.45) is 0 Å². The molecule has 0 fully saturated rings. The number of fused-ring (bicyclic) bond motifs is 1. The standard InChI is InChI=1S/C15H7ClO4/c16-13(17)9-3-1-8(2-4-9)10-5-6-11-12(7-10)15(19)20-14(11)18/h1-7H. The second-order valence-electron chi connectivity index (χ2n) is 4.29. The third kappa shape index (κ3) is 2.00. The number of cyclic esters (lactones) is 2. The molecule has 0 saturated heterocycles. The summed E-state index contributed by atoms with van der Waals surface area (Å²) in [5, 5.41) is -0.528. The molecule has 1 heterocycles. The number of esters is 2. The van der Waals surface area contributed by atoms with Gasteiger partial charge < -0.3 is 4.74 Å². The van der Waals surface area contributed by atoms with Crippen molar-refractivity contribution in [3.63, 3.8) is 0 Å². The van der Waals surface area contributed by atoms with Crippen LogP contribution in [0.4, 0.5) is 0 Å². The first-order valence-electron chi connectivity index (χ1n) is 5.77. The number of carbonyl (C=O) groups excluding carboxylic acids is 3. The maximum absolute atomic E-state index is 11.5. The summed E-state index contributed by atoms with van der Waals surface area (Å²) in [6.45, 7) is 0. The van der Waals surface area contributed by atoms with Crippen LogP contribution in [-0.4, -0.2) is 17.2 Å². The Kier molecular flexibility index (Phi) is 2.88. The smallest absolute Gasteiger partial charge is 0.346 e. The summed E-state index contributed by atoms with van der Waals surface area (Å²) in [5.74, 6) is -1.26. The minimum absolute atomic E-state index is 0.255. The SMILES string of the molecule is O=C(Cl)c1ccc(-c2ccc3c(c2)C(=O)OC3=O)cc1. The van der Waals surface area contributed by atoms with Crippen LogP contribution in [0.25, 0.3) is 11.1 Å². The van der Waals surface area contributed by atoms with Crippen LogP contribution >= 0.6 is 11.6 Å². The third-order valence-electron chi connectivity index (χ3n) is 3.09. The van der Waals surface area contributed by atoms with Gasteiger partial charge in [0.15, 0.2) is 0 Å². The van der Waals surface area contributed by atoms with E-state index < -0.39 is 17.2 Å². The van der Waals surface area contributed by atoms with E-state index in [9.17, 15) is 14.4 Å². The van der Waals surface area contributed by atoms with Crippen molar-refractivity contribution in [3.8, 4) is 11.1 Å². The van der Waals surface area contributed by atoms with Gasteiger partial charge in [-0.3, -0.25) is 4.79 Å². The minimum Gasteiger partial charge on any atom is -0.386 e. The fraction of sp³-hybridized carbons (Fsp3) is 0. The minimum atomic E-state index is -0.639. The van der Waals surface area contributed by atoms with Gasteiger partial charge in [-0.1, -0.05) is 18.2 Å².